The first-order valence-corrected chi connectivity index (χ1v) is 6.15. The van der Waals surface area contributed by atoms with Gasteiger partial charge in [-0.25, -0.2) is 4.68 Å². The number of carboxylic acid groups (broad SMARTS) is 1. The smallest absolute Gasteiger partial charge is 0.0930 e. The van der Waals surface area contributed by atoms with Crippen LogP contribution < -0.4 is 5.11 Å². The van der Waals surface area contributed by atoms with Gasteiger partial charge in [-0.3, -0.25) is 0 Å². The lowest BCUT2D eigenvalue weighted by molar-refractivity contribution is -0.255. The average Bonchev–Trinajstić information content (AvgIpc) is 2.79. The third-order valence-electron chi connectivity index (χ3n) is 3.35. The summed E-state index contributed by atoms with van der Waals surface area (Å²) in [6.07, 6.45) is 3.74. The molecule has 0 unspecified atom stereocenters. The van der Waals surface area contributed by atoms with Crippen LogP contribution in [-0.2, 0) is 12.8 Å². The Kier molecular flexibility index (Phi) is 2.63. The molecule has 92 valence electrons. The van der Waals surface area contributed by atoms with Crippen molar-refractivity contribution < 1.29 is 9.90 Å². The van der Waals surface area contributed by atoms with Gasteiger partial charge in [0.2, 0.25) is 0 Å². The lowest BCUT2D eigenvalue weighted by Gasteiger charge is -2.12. The number of nitrogens with zero attached hydrogens (tertiary/aromatic N) is 2. The minimum absolute atomic E-state index is 0.218. The third-order valence-corrected chi connectivity index (χ3v) is 3.35. The van der Waals surface area contributed by atoms with E-state index in [0.717, 1.165) is 42.6 Å². The minimum Gasteiger partial charge on any atom is -0.543 e. The molecular weight excluding hydrogens is 228 g/mol. The number of carbonyl (C=O) groups is 1. The molecule has 1 heterocycles. The topological polar surface area (TPSA) is 57.9 Å². The number of hydrogen-bond donors (Lipinski definition) is 0. The number of rotatable bonds is 2. The molecule has 0 atom stereocenters. The third kappa shape index (κ3) is 1.70. The summed E-state index contributed by atoms with van der Waals surface area (Å²) >= 11 is 0. The molecule has 2 aromatic rings. The largest absolute Gasteiger partial charge is 0.543 e. The van der Waals surface area contributed by atoms with E-state index in [1.807, 2.05) is 30.3 Å². The highest BCUT2D eigenvalue weighted by Crippen LogP contribution is 2.25. The van der Waals surface area contributed by atoms with E-state index < -0.39 is 5.97 Å². The monoisotopic (exact) mass is 241 g/mol. The number of fused-ring (bicyclic) bond motifs is 1. The van der Waals surface area contributed by atoms with E-state index in [2.05, 4.69) is 5.10 Å². The van der Waals surface area contributed by atoms with E-state index in [4.69, 9.17) is 0 Å². The second-order valence-corrected chi connectivity index (χ2v) is 4.52. The summed E-state index contributed by atoms with van der Waals surface area (Å²) in [6.45, 7) is 0. The SMILES string of the molecule is O=C([O-])c1c2c(nn1-c1ccccc1)CCCC2. The van der Waals surface area contributed by atoms with Crippen LogP contribution in [0.3, 0.4) is 0 Å². The standard InChI is InChI=1S/C14H14N2O2/c17-14(18)13-11-8-4-5-9-12(11)15-16(13)10-6-2-1-3-7-10/h1-3,6-7H,4-5,8-9H2,(H,17,18)/p-1. The van der Waals surface area contributed by atoms with Gasteiger partial charge in [0.25, 0.3) is 0 Å². The fourth-order valence-corrected chi connectivity index (χ4v) is 2.52. The van der Waals surface area contributed by atoms with Crippen molar-refractivity contribution in [3.05, 3.63) is 47.3 Å². The van der Waals surface area contributed by atoms with E-state index >= 15 is 0 Å². The van der Waals surface area contributed by atoms with Gasteiger partial charge in [0, 0.05) is 5.56 Å². The highest BCUT2D eigenvalue weighted by atomic mass is 16.4. The zero-order valence-corrected chi connectivity index (χ0v) is 9.93. The molecule has 1 aliphatic carbocycles. The van der Waals surface area contributed by atoms with Crippen molar-refractivity contribution in [3.63, 3.8) is 0 Å². The van der Waals surface area contributed by atoms with Gasteiger partial charge in [-0.1, -0.05) is 18.2 Å². The molecule has 1 aromatic heterocycles. The van der Waals surface area contributed by atoms with Crippen molar-refractivity contribution >= 4 is 5.97 Å². The molecule has 0 aliphatic heterocycles. The number of benzene rings is 1. The second-order valence-electron chi connectivity index (χ2n) is 4.52. The van der Waals surface area contributed by atoms with Crippen LogP contribution in [0, 0.1) is 0 Å². The molecule has 0 N–H and O–H groups in total. The number of hydrogen-bond acceptors (Lipinski definition) is 3. The first-order valence-electron chi connectivity index (χ1n) is 6.15. The number of carbonyl (C=O) groups excluding carboxylic acids is 1. The summed E-state index contributed by atoms with van der Waals surface area (Å²) in [5, 5.41) is 15.8. The van der Waals surface area contributed by atoms with E-state index in [1.54, 1.807) is 0 Å². The van der Waals surface area contributed by atoms with Crippen LogP contribution in [0.4, 0.5) is 0 Å². The molecule has 0 bridgehead atoms. The molecule has 18 heavy (non-hydrogen) atoms. The summed E-state index contributed by atoms with van der Waals surface area (Å²) < 4.78 is 1.51. The maximum Gasteiger partial charge on any atom is 0.0930 e. The lowest BCUT2D eigenvalue weighted by atomic mass is 9.96. The van der Waals surface area contributed by atoms with E-state index in [-0.39, 0.29) is 5.69 Å². The maximum absolute atomic E-state index is 11.4. The molecule has 0 saturated heterocycles. The van der Waals surface area contributed by atoms with Gasteiger partial charge in [-0.15, -0.1) is 0 Å². The van der Waals surface area contributed by atoms with Crippen LogP contribution in [0.15, 0.2) is 30.3 Å². The Bertz CT molecular complexity index is 587. The van der Waals surface area contributed by atoms with Crippen LogP contribution >= 0.6 is 0 Å². The molecular formula is C14H13N2O2-. The molecule has 4 heteroatoms. The van der Waals surface area contributed by atoms with Gasteiger partial charge in [0.1, 0.15) is 0 Å². The zero-order valence-electron chi connectivity index (χ0n) is 9.93. The molecule has 0 spiro atoms. The van der Waals surface area contributed by atoms with Gasteiger partial charge in [-0.2, -0.15) is 5.10 Å². The molecule has 4 nitrogen and oxygen atoms in total. The normalized spacial score (nSPS) is 14.2. The van der Waals surface area contributed by atoms with Crippen molar-refractivity contribution in [1.29, 1.82) is 0 Å². The minimum atomic E-state index is -1.14. The molecule has 3 rings (SSSR count). The Morgan fingerprint density at radius 3 is 2.61 bits per heavy atom. The molecule has 1 aliphatic rings. The van der Waals surface area contributed by atoms with E-state index in [9.17, 15) is 9.90 Å². The zero-order chi connectivity index (χ0) is 12.5. The van der Waals surface area contributed by atoms with Crippen molar-refractivity contribution in [2.24, 2.45) is 0 Å². The van der Waals surface area contributed by atoms with Gasteiger partial charge in [0.05, 0.1) is 23.0 Å². The first kappa shape index (κ1) is 11.0. The van der Waals surface area contributed by atoms with Crippen molar-refractivity contribution in [1.82, 2.24) is 9.78 Å². The van der Waals surface area contributed by atoms with E-state index in [0.29, 0.717) is 0 Å². The van der Waals surface area contributed by atoms with Crippen molar-refractivity contribution in [2.75, 3.05) is 0 Å². The summed E-state index contributed by atoms with van der Waals surface area (Å²) in [5.74, 6) is -1.14. The molecule has 1 aromatic carbocycles. The Morgan fingerprint density at radius 2 is 1.89 bits per heavy atom. The average molecular weight is 241 g/mol. The number of aromatic carboxylic acids is 1. The maximum atomic E-state index is 11.4. The quantitative estimate of drug-likeness (QED) is 0.791. The Hall–Kier alpha value is -2.10. The fraction of sp³-hybridized carbons (Fsp3) is 0.286. The first-order chi connectivity index (χ1) is 8.77. The second kappa shape index (κ2) is 4.29. The Morgan fingerprint density at radius 1 is 1.17 bits per heavy atom. The summed E-state index contributed by atoms with van der Waals surface area (Å²) in [6, 6.07) is 9.34. The summed E-state index contributed by atoms with van der Waals surface area (Å²) in [7, 11) is 0. The van der Waals surface area contributed by atoms with Gasteiger partial charge >= 0.3 is 0 Å². The molecule has 0 fully saturated rings. The Balaban J connectivity index is 2.20. The van der Waals surface area contributed by atoms with Gasteiger partial charge in [0.15, 0.2) is 0 Å². The summed E-state index contributed by atoms with van der Waals surface area (Å²) in [5.41, 5.74) is 2.75. The predicted octanol–water partition coefficient (Wildman–Crippen LogP) is 1.11. The highest BCUT2D eigenvalue weighted by Gasteiger charge is 2.21. The van der Waals surface area contributed by atoms with Crippen LogP contribution in [0.25, 0.3) is 5.69 Å². The van der Waals surface area contributed by atoms with Gasteiger partial charge in [-0.05, 0) is 37.8 Å². The number of para-hydroxylation sites is 1. The molecule has 0 saturated carbocycles. The number of aromatic nitrogens is 2. The lowest BCUT2D eigenvalue weighted by Crippen LogP contribution is -2.27. The van der Waals surface area contributed by atoms with Crippen LogP contribution in [-0.4, -0.2) is 15.7 Å². The predicted molar refractivity (Wildman–Crippen MR) is 64.5 cm³/mol. The highest BCUT2D eigenvalue weighted by molar-refractivity contribution is 5.87. The van der Waals surface area contributed by atoms with Gasteiger partial charge < -0.3 is 9.90 Å². The van der Waals surface area contributed by atoms with Crippen LogP contribution in [0.1, 0.15) is 34.6 Å². The number of aryl methyl sites for hydroxylation is 1. The van der Waals surface area contributed by atoms with Crippen LogP contribution in [0.2, 0.25) is 0 Å². The summed E-state index contributed by atoms with van der Waals surface area (Å²) in [4.78, 5) is 11.4. The van der Waals surface area contributed by atoms with Crippen LogP contribution in [0.5, 0.6) is 0 Å². The van der Waals surface area contributed by atoms with Crippen molar-refractivity contribution in [3.8, 4) is 5.69 Å². The van der Waals surface area contributed by atoms with Crippen molar-refractivity contribution in [2.45, 2.75) is 25.7 Å². The van der Waals surface area contributed by atoms with E-state index in [1.165, 1.54) is 4.68 Å². The fourth-order valence-electron chi connectivity index (χ4n) is 2.52. The molecule has 0 amide bonds. The molecule has 0 radical (unpaired) electrons. The Labute approximate surface area is 105 Å². The number of carboxylic acids is 1.